The molecule has 2 aliphatic heterocycles. The second-order valence-electron chi connectivity index (χ2n) is 7.95. The third-order valence-corrected chi connectivity index (χ3v) is 6.58. The molecule has 3 atom stereocenters. The van der Waals surface area contributed by atoms with Crippen LogP contribution in [-0.2, 0) is 6.42 Å². The molecule has 1 aromatic heterocycles. The molecule has 8 heteroatoms. The van der Waals surface area contributed by atoms with E-state index >= 15 is 0 Å². The number of hydrogen-bond acceptors (Lipinski definition) is 6. The van der Waals surface area contributed by atoms with E-state index in [-0.39, 0.29) is 5.92 Å². The topological polar surface area (TPSA) is 110 Å². The van der Waals surface area contributed by atoms with E-state index in [9.17, 15) is 10.2 Å². The third kappa shape index (κ3) is 4.28. The summed E-state index contributed by atoms with van der Waals surface area (Å²) < 4.78 is 2.39. The number of aliphatic hydroxyl groups excluding tert-OH is 2. The summed E-state index contributed by atoms with van der Waals surface area (Å²) in [5, 5.41) is 22.9. The molecule has 3 heterocycles. The Balaban J connectivity index is 1.49. The van der Waals surface area contributed by atoms with E-state index in [2.05, 4.69) is 36.9 Å². The van der Waals surface area contributed by atoms with Crippen molar-refractivity contribution in [1.82, 2.24) is 19.5 Å². The maximum atomic E-state index is 11.0. The number of aromatic nitrogens is 4. The van der Waals surface area contributed by atoms with Gasteiger partial charge in [0.2, 0.25) is 0 Å². The summed E-state index contributed by atoms with van der Waals surface area (Å²) in [6.45, 7) is 3.97. The van der Waals surface area contributed by atoms with Crippen molar-refractivity contribution in [3.8, 4) is 11.5 Å². The molecule has 4 rings (SSSR count). The molecule has 0 fully saturated rings. The van der Waals surface area contributed by atoms with E-state index < -0.39 is 12.3 Å². The Labute approximate surface area is 189 Å². The first-order valence-corrected chi connectivity index (χ1v) is 11.2. The van der Waals surface area contributed by atoms with E-state index in [1.165, 1.54) is 6.33 Å². The molecule has 2 aliphatic rings. The standard InChI is InChI=1S/C23H26BrN5O2/c1-3-15(6-4-14-5-7-16-11-17(24)21(25)28-18(16)10-14)20(30)23(31)29-9-8-13(2)19-22(29)27-12-26-19/h5,7-12,15,20,23,30-31H,3-4,6H2,1-2H3,(H2,25,28)/t15-,20-,23-/m1/s1. The van der Waals surface area contributed by atoms with Gasteiger partial charge >= 0.3 is 0 Å². The number of aliphatic hydroxyl groups is 2. The molecule has 0 amide bonds. The lowest BCUT2D eigenvalue weighted by atomic mass is 9.90. The molecular formula is C23H26BrN5O2. The first kappa shape index (κ1) is 21.7. The fourth-order valence-corrected chi connectivity index (χ4v) is 4.35. The van der Waals surface area contributed by atoms with Gasteiger partial charge in [-0.2, -0.15) is 0 Å². The Hall–Kier alpha value is -2.55. The highest BCUT2D eigenvalue weighted by molar-refractivity contribution is 9.10. The lowest BCUT2D eigenvalue weighted by molar-refractivity contribution is -0.0612. The number of pyridine rings is 2. The zero-order valence-corrected chi connectivity index (χ0v) is 19.1. The predicted octanol–water partition coefficient (Wildman–Crippen LogP) is 4.10. The van der Waals surface area contributed by atoms with Gasteiger partial charge in [-0.05, 0) is 70.9 Å². The molecular weight excluding hydrogens is 458 g/mol. The summed E-state index contributed by atoms with van der Waals surface area (Å²) in [4.78, 5) is 13.0. The number of benzene rings is 1. The van der Waals surface area contributed by atoms with Crippen LogP contribution in [-0.4, -0.2) is 35.8 Å². The van der Waals surface area contributed by atoms with Gasteiger partial charge in [-0.1, -0.05) is 25.5 Å². The Morgan fingerprint density at radius 2 is 1.97 bits per heavy atom. The number of halogens is 1. The van der Waals surface area contributed by atoms with Crippen LogP contribution in [0.15, 0.2) is 47.3 Å². The molecule has 4 N–H and O–H groups in total. The average molecular weight is 484 g/mol. The zero-order valence-electron chi connectivity index (χ0n) is 17.5. The molecule has 0 bridgehead atoms. The van der Waals surface area contributed by atoms with Crippen LogP contribution in [0, 0.1) is 12.8 Å². The summed E-state index contributed by atoms with van der Waals surface area (Å²) in [7, 11) is 0. The summed E-state index contributed by atoms with van der Waals surface area (Å²) >= 11 is 3.41. The Bertz CT molecular complexity index is 1180. The summed E-state index contributed by atoms with van der Waals surface area (Å²) in [6, 6.07) is 9.97. The molecule has 7 nitrogen and oxygen atoms in total. The fourth-order valence-electron chi connectivity index (χ4n) is 4.02. The van der Waals surface area contributed by atoms with Gasteiger partial charge in [0, 0.05) is 11.6 Å². The van der Waals surface area contributed by atoms with Crippen LogP contribution in [0.3, 0.4) is 0 Å². The summed E-state index contributed by atoms with van der Waals surface area (Å²) in [5.74, 6) is 0.956. The minimum absolute atomic E-state index is 0.0829. The maximum Gasteiger partial charge on any atom is 0.162 e. The first-order chi connectivity index (χ1) is 14.9. The molecule has 0 unspecified atom stereocenters. The molecule has 0 saturated heterocycles. The summed E-state index contributed by atoms with van der Waals surface area (Å²) in [6.07, 6.45) is 3.44. The van der Waals surface area contributed by atoms with Crippen molar-refractivity contribution >= 4 is 32.7 Å². The average Bonchev–Trinajstić information content (AvgIpc) is 3.25. The SMILES string of the molecule is CC[C@H](CCc1ccc2cc(Br)c(N)nc2c1)[C@@H](O)[C@@H](O)n1ccc(C)c2ncnc1-2. The van der Waals surface area contributed by atoms with Gasteiger partial charge in [0.15, 0.2) is 12.1 Å². The minimum atomic E-state index is -1.10. The quantitative estimate of drug-likeness (QED) is 0.365. The van der Waals surface area contributed by atoms with Gasteiger partial charge in [-0.3, -0.25) is 0 Å². The number of fused-ring (bicyclic) bond motifs is 2. The van der Waals surface area contributed by atoms with Gasteiger partial charge < -0.3 is 20.5 Å². The normalized spacial score (nSPS) is 14.7. The molecule has 1 aromatic carbocycles. The van der Waals surface area contributed by atoms with E-state index in [1.54, 1.807) is 10.8 Å². The second kappa shape index (κ2) is 8.90. The van der Waals surface area contributed by atoms with Crippen molar-refractivity contribution in [2.24, 2.45) is 5.92 Å². The fraction of sp³-hybridized carbons (Fsp3) is 0.348. The van der Waals surface area contributed by atoms with Crippen molar-refractivity contribution in [3.05, 3.63) is 58.5 Å². The molecule has 162 valence electrons. The number of nitrogen functional groups attached to an aromatic ring is 1. The van der Waals surface area contributed by atoms with Gasteiger partial charge in [0.25, 0.3) is 0 Å². The number of anilines is 1. The number of nitrogens with two attached hydrogens (primary N) is 1. The predicted molar refractivity (Wildman–Crippen MR) is 125 cm³/mol. The highest BCUT2D eigenvalue weighted by Crippen LogP contribution is 2.30. The largest absolute Gasteiger partial charge is 0.388 e. The molecule has 31 heavy (non-hydrogen) atoms. The first-order valence-electron chi connectivity index (χ1n) is 10.4. The van der Waals surface area contributed by atoms with Crippen molar-refractivity contribution in [2.45, 2.75) is 45.4 Å². The van der Waals surface area contributed by atoms with Crippen LogP contribution in [0.4, 0.5) is 5.82 Å². The monoisotopic (exact) mass is 483 g/mol. The molecule has 0 spiro atoms. The molecule has 2 aromatic rings. The smallest absolute Gasteiger partial charge is 0.162 e. The van der Waals surface area contributed by atoms with Gasteiger partial charge in [-0.25, -0.2) is 15.0 Å². The Kier molecular flexibility index (Phi) is 6.22. The Morgan fingerprint density at radius 3 is 2.74 bits per heavy atom. The van der Waals surface area contributed by atoms with E-state index in [4.69, 9.17) is 5.73 Å². The zero-order chi connectivity index (χ0) is 22.1. The van der Waals surface area contributed by atoms with Gasteiger partial charge in [-0.15, -0.1) is 0 Å². The van der Waals surface area contributed by atoms with Crippen LogP contribution in [0.2, 0.25) is 0 Å². The van der Waals surface area contributed by atoms with E-state index in [0.29, 0.717) is 11.6 Å². The molecule has 0 aliphatic carbocycles. The van der Waals surface area contributed by atoms with Crippen LogP contribution in [0.5, 0.6) is 0 Å². The summed E-state index contributed by atoms with van der Waals surface area (Å²) in [5.41, 5.74) is 9.60. The highest BCUT2D eigenvalue weighted by Gasteiger charge is 2.28. The minimum Gasteiger partial charge on any atom is -0.388 e. The molecule has 0 saturated carbocycles. The van der Waals surface area contributed by atoms with Crippen LogP contribution in [0.1, 0.15) is 37.1 Å². The third-order valence-electron chi connectivity index (χ3n) is 5.95. The Morgan fingerprint density at radius 1 is 1.16 bits per heavy atom. The lowest BCUT2D eigenvalue weighted by Gasteiger charge is -2.29. The molecule has 0 radical (unpaired) electrons. The van der Waals surface area contributed by atoms with Crippen molar-refractivity contribution in [1.29, 1.82) is 0 Å². The maximum absolute atomic E-state index is 11.0. The van der Waals surface area contributed by atoms with Crippen LogP contribution in [0.25, 0.3) is 22.4 Å². The number of imidazole rings is 1. The number of nitrogens with zero attached hydrogens (tertiary/aromatic N) is 4. The van der Waals surface area contributed by atoms with Gasteiger partial charge in [0.1, 0.15) is 23.9 Å². The van der Waals surface area contributed by atoms with E-state index in [1.807, 2.05) is 38.1 Å². The number of hydrogen-bond donors (Lipinski definition) is 3. The van der Waals surface area contributed by atoms with E-state index in [0.717, 1.165) is 51.5 Å². The van der Waals surface area contributed by atoms with Crippen molar-refractivity contribution in [3.63, 3.8) is 0 Å². The lowest BCUT2D eigenvalue weighted by Crippen LogP contribution is -2.32. The highest BCUT2D eigenvalue weighted by atomic mass is 79.9. The van der Waals surface area contributed by atoms with Crippen molar-refractivity contribution in [2.75, 3.05) is 5.73 Å². The van der Waals surface area contributed by atoms with Crippen LogP contribution >= 0.6 is 15.9 Å². The number of rotatable bonds is 7. The van der Waals surface area contributed by atoms with Crippen molar-refractivity contribution < 1.29 is 10.2 Å². The number of aryl methyl sites for hydroxylation is 2. The van der Waals surface area contributed by atoms with Gasteiger partial charge in [0.05, 0.1) is 9.99 Å². The van der Waals surface area contributed by atoms with Crippen LogP contribution < -0.4 is 5.73 Å². The second-order valence-corrected chi connectivity index (χ2v) is 8.80.